The Morgan fingerprint density at radius 2 is 0.722 bits per heavy atom. The van der Waals surface area contributed by atoms with Crippen molar-refractivity contribution in [1.29, 1.82) is 0 Å². The highest BCUT2D eigenvalue weighted by atomic mass is 15.2. The molecule has 0 radical (unpaired) electrons. The molecule has 0 aliphatic rings. The van der Waals surface area contributed by atoms with Crippen molar-refractivity contribution >= 4 is 55.9 Å². The predicted molar refractivity (Wildman–Crippen MR) is 230 cm³/mol. The number of hydrogen-bond acceptors (Lipinski definition) is 2. The molecule has 0 aliphatic heterocycles. The van der Waals surface area contributed by atoms with Crippen molar-refractivity contribution < 1.29 is 0 Å². The summed E-state index contributed by atoms with van der Waals surface area (Å²) in [5.41, 5.74) is 16.1. The zero-order valence-electron chi connectivity index (χ0n) is 30.8. The molecule has 8 aromatic carbocycles. The van der Waals surface area contributed by atoms with Gasteiger partial charge in [0.25, 0.3) is 0 Å². The van der Waals surface area contributed by atoms with Crippen LogP contribution in [0.1, 0.15) is 16.7 Å². The predicted octanol–water partition coefficient (Wildman–Crippen LogP) is 14.3. The minimum absolute atomic E-state index is 1.09. The maximum Gasteiger partial charge on any atom is 0.0541 e. The average molecular weight is 696 g/mol. The molecule has 0 atom stereocenters. The van der Waals surface area contributed by atoms with E-state index in [1.165, 1.54) is 44.1 Å². The van der Waals surface area contributed by atoms with Crippen molar-refractivity contribution in [3.63, 3.8) is 0 Å². The summed E-state index contributed by atoms with van der Waals surface area (Å²) in [5, 5.41) is 2.52. The quantitative estimate of drug-likeness (QED) is 0.157. The van der Waals surface area contributed by atoms with Gasteiger partial charge in [-0.15, -0.1) is 0 Å². The topological polar surface area (TPSA) is 11.4 Å². The van der Waals surface area contributed by atoms with Crippen LogP contribution in [-0.2, 0) is 0 Å². The number of anilines is 6. The van der Waals surface area contributed by atoms with Crippen LogP contribution in [0, 0.1) is 20.8 Å². The molecule has 9 rings (SSSR count). The van der Waals surface area contributed by atoms with E-state index in [0.29, 0.717) is 0 Å². The lowest BCUT2D eigenvalue weighted by Crippen LogP contribution is -2.16. The van der Waals surface area contributed by atoms with Gasteiger partial charge in [-0.25, -0.2) is 0 Å². The Morgan fingerprint density at radius 1 is 0.352 bits per heavy atom. The SMILES string of the molecule is Cc1ccc2c(c1)c1cc(C)ccc1n2-c1cc(N(c2ccccc2)c2ccccc2)c(C)c(N(c2ccccc2)c2ccc(-c3ccccc3)cc2)c1. The zero-order chi connectivity index (χ0) is 36.6. The molecule has 260 valence electrons. The van der Waals surface area contributed by atoms with Gasteiger partial charge in [0.05, 0.1) is 28.1 Å². The number of nitrogens with zero attached hydrogens (tertiary/aromatic N) is 3. The van der Waals surface area contributed by atoms with Gasteiger partial charge in [-0.1, -0.05) is 120 Å². The fourth-order valence-corrected chi connectivity index (χ4v) is 7.81. The van der Waals surface area contributed by atoms with Crippen LogP contribution in [0.5, 0.6) is 0 Å². The molecular formula is C51H41N3. The van der Waals surface area contributed by atoms with Gasteiger partial charge in [0.1, 0.15) is 0 Å². The number of fused-ring (bicyclic) bond motifs is 3. The zero-order valence-corrected chi connectivity index (χ0v) is 30.8. The van der Waals surface area contributed by atoms with Crippen LogP contribution in [0.3, 0.4) is 0 Å². The van der Waals surface area contributed by atoms with Gasteiger partial charge >= 0.3 is 0 Å². The summed E-state index contributed by atoms with van der Waals surface area (Å²) in [7, 11) is 0. The molecule has 1 heterocycles. The van der Waals surface area contributed by atoms with Gasteiger partial charge in [-0.05, 0) is 122 Å². The molecule has 0 saturated carbocycles. The van der Waals surface area contributed by atoms with Crippen LogP contribution in [0.25, 0.3) is 38.6 Å². The lowest BCUT2D eigenvalue weighted by atomic mass is 10.0. The van der Waals surface area contributed by atoms with Gasteiger partial charge < -0.3 is 14.4 Å². The van der Waals surface area contributed by atoms with Crippen LogP contribution in [-0.4, -0.2) is 4.57 Å². The van der Waals surface area contributed by atoms with Crippen LogP contribution in [0.2, 0.25) is 0 Å². The number of para-hydroxylation sites is 3. The standard InChI is InChI=1S/C51H41N3/c1-36-24-30-48-46(32-36)47-33-37(2)25-31-49(47)54(48)45-34-50(52(41-18-10-5-11-19-41)42-20-12-6-13-21-42)38(3)51(35-45)53(43-22-14-7-15-23-43)44-28-26-40(27-29-44)39-16-8-4-9-17-39/h4-35H,1-3H3. The van der Waals surface area contributed by atoms with E-state index in [1.807, 2.05) is 0 Å². The molecule has 54 heavy (non-hydrogen) atoms. The molecule has 0 fully saturated rings. The first-order chi connectivity index (χ1) is 26.5. The Kier molecular flexibility index (Phi) is 8.53. The Labute approximate surface area is 317 Å². The second-order valence-electron chi connectivity index (χ2n) is 14.1. The first kappa shape index (κ1) is 33.0. The largest absolute Gasteiger partial charge is 0.310 e. The van der Waals surface area contributed by atoms with Crippen LogP contribution < -0.4 is 9.80 Å². The summed E-state index contributed by atoms with van der Waals surface area (Å²) in [6.45, 7) is 6.62. The average Bonchev–Trinajstić information content (AvgIpc) is 3.53. The van der Waals surface area contributed by atoms with Crippen LogP contribution >= 0.6 is 0 Å². The first-order valence-electron chi connectivity index (χ1n) is 18.6. The summed E-state index contributed by atoms with van der Waals surface area (Å²) >= 11 is 0. The lowest BCUT2D eigenvalue weighted by Gasteiger charge is -2.33. The van der Waals surface area contributed by atoms with Gasteiger partial charge in [0, 0.05) is 33.5 Å². The molecule has 0 saturated heterocycles. The van der Waals surface area contributed by atoms with Crippen molar-refractivity contribution in [3.05, 3.63) is 211 Å². The molecule has 0 aliphatic carbocycles. The third kappa shape index (κ3) is 6.00. The third-order valence-electron chi connectivity index (χ3n) is 10.4. The summed E-state index contributed by atoms with van der Waals surface area (Å²) < 4.78 is 2.45. The second kappa shape index (κ2) is 13.9. The maximum absolute atomic E-state index is 2.45. The lowest BCUT2D eigenvalue weighted by molar-refractivity contribution is 1.14. The van der Waals surface area contributed by atoms with Crippen molar-refractivity contribution in [1.82, 2.24) is 4.57 Å². The highest BCUT2D eigenvalue weighted by molar-refractivity contribution is 6.10. The first-order valence-corrected chi connectivity index (χ1v) is 18.6. The summed E-state index contributed by atoms with van der Waals surface area (Å²) in [6.07, 6.45) is 0. The summed E-state index contributed by atoms with van der Waals surface area (Å²) in [5.74, 6) is 0. The molecule has 0 bridgehead atoms. The molecule has 3 nitrogen and oxygen atoms in total. The van der Waals surface area contributed by atoms with E-state index < -0.39 is 0 Å². The van der Waals surface area contributed by atoms with E-state index in [0.717, 1.165) is 45.4 Å². The fourth-order valence-electron chi connectivity index (χ4n) is 7.81. The number of benzene rings is 8. The number of rotatable bonds is 8. The molecule has 1 aromatic heterocycles. The Hall–Kier alpha value is -6.84. The molecule has 0 N–H and O–H groups in total. The van der Waals surface area contributed by atoms with E-state index in [4.69, 9.17) is 0 Å². The van der Waals surface area contributed by atoms with E-state index in [1.54, 1.807) is 0 Å². The Morgan fingerprint density at radius 3 is 1.15 bits per heavy atom. The van der Waals surface area contributed by atoms with E-state index in [-0.39, 0.29) is 0 Å². The van der Waals surface area contributed by atoms with Crippen molar-refractivity contribution in [3.8, 4) is 16.8 Å². The molecule has 0 spiro atoms. The molecule has 0 unspecified atom stereocenters. The molecular weight excluding hydrogens is 655 g/mol. The summed E-state index contributed by atoms with van der Waals surface area (Å²) in [4.78, 5) is 4.81. The third-order valence-corrected chi connectivity index (χ3v) is 10.4. The van der Waals surface area contributed by atoms with Crippen molar-refractivity contribution in [2.75, 3.05) is 9.80 Å². The van der Waals surface area contributed by atoms with Crippen LogP contribution in [0.15, 0.2) is 194 Å². The van der Waals surface area contributed by atoms with E-state index in [2.05, 4.69) is 229 Å². The Balaban J connectivity index is 1.36. The van der Waals surface area contributed by atoms with E-state index >= 15 is 0 Å². The summed E-state index contributed by atoms with van der Waals surface area (Å²) in [6, 6.07) is 70.2. The smallest absolute Gasteiger partial charge is 0.0541 e. The van der Waals surface area contributed by atoms with Crippen LogP contribution in [0.4, 0.5) is 34.1 Å². The second-order valence-corrected chi connectivity index (χ2v) is 14.1. The van der Waals surface area contributed by atoms with Gasteiger partial charge in [-0.3, -0.25) is 0 Å². The number of aromatic nitrogens is 1. The molecule has 0 amide bonds. The maximum atomic E-state index is 2.45. The minimum Gasteiger partial charge on any atom is -0.310 e. The van der Waals surface area contributed by atoms with Gasteiger partial charge in [-0.2, -0.15) is 0 Å². The normalized spacial score (nSPS) is 11.2. The van der Waals surface area contributed by atoms with Gasteiger partial charge in [0.15, 0.2) is 0 Å². The number of hydrogen-bond donors (Lipinski definition) is 0. The van der Waals surface area contributed by atoms with Crippen molar-refractivity contribution in [2.24, 2.45) is 0 Å². The van der Waals surface area contributed by atoms with Crippen molar-refractivity contribution in [2.45, 2.75) is 20.8 Å². The molecule has 3 heteroatoms. The fraction of sp³-hybridized carbons (Fsp3) is 0.0588. The number of aryl methyl sites for hydroxylation is 2. The Bertz CT molecular complexity index is 2620. The van der Waals surface area contributed by atoms with E-state index in [9.17, 15) is 0 Å². The monoisotopic (exact) mass is 695 g/mol. The molecule has 9 aromatic rings. The van der Waals surface area contributed by atoms with Gasteiger partial charge in [0.2, 0.25) is 0 Å². The minimum atomic E-state index is 1.09. The highest BCUT2D eigenvalue weighted by Crippen LogP contribution is 2.46. The highest BCUT2D eigenvalue weighted by Gasteiger charge is 2.24.